The molecule has 0 fully saturated rings. The molecule has 0 unspecified atom stereocenters. The van der Waals surface area contributed by atoms with E-state index in [1.165, 1.54) is 25.7 Å². The number of hydrogen-bond acceptors (Lipinski definition) is 4. The zero-order valence-electron chi connectivity index (χ0n) is 17.2. The first-order valence-electron chi connectivity index (χ1n) is 10.5. The molecule has 0 atom stereocenters. The third-order valence-electron chi connectivity index (χ3n) is 4.91. The Balaban J connectivity index is 2.28. The Labute approximate surface area is 168 Å². The molecule has 0 aliphatic heterocycles. The summed E-state index contributed by atoms with van der Waals surface area (Å²) in [5.74, 6) is 1.16. The number of fused-ring (bicyclic) bond motifs is 1. The fraction of sp³-hybridized carbons (Fsp3) is 0.500. The Morgan fingerprint density at radius 2 is 1.07 bits per heavy atom. The van der Waals surface area contributed by atoms with Crippen LogP contribution in [0.15, 0.2) is 24.3 Å². The van der Waals surface area contributed by atoms with Gasteiger partial charge in [-0.25, -0.2) is 0 Å². The zero-order valence-corrected chi connectivity index (χ0v) is 17.2. The average molecular weight is 385 g/mol. The molecule has 2 aromatic rings. The van der Waals surface area contributed by atoms with Gasteiger partial charge in [-0.1, -0.05) is 52.4 Å². The van der Waals surface area contributed by atoms with E-state index >= 15 is 0 Å². The summed E-state index contributed by atoms with van der Waals surface area (Å²) in [7, 11) is 0. The zero-order chi connectivity index (χ0) is 20.2. The number of ether oxygens (including phenoxy) is 2. The van der Waals surface area contributed by atoms with Crippen LogP contribution < -0.4 is 9.47 Å². The van der Waals surface area contributed by atoms with Gasteiger partial charge in [0.05, 0.1) is 24.3 Å². The van der Waals surface area contributed by atoms with Gasteiger partial charge in [-0.2, -0.15) is 0 Å². The molecule has 0 spiro atoms. The van der Waals surface area contributed by atoms with Gasteiger partial charge in [0.15, 0.2) is 12.6 Å². The predicted octanol–water partition coefficient (Wildman–Crippen LogP) is 6.38. The lowest BCUT2D eigenvalue weighted by atomic mass is 10.0. The quantitative estimate of drug-likeness (QED) is 0.280. The monoisotopic (exact) mass is 384 g/mol. The van der Waals surface area contributed by atoms with E-state index in [4.69, 9.17) is 9.47 Å². The lowest BCUT2D eigenvalue weighted by Gasteiger charge is -2.16. The number of carbonyl (C=O) groups excluding carboxylic acids is 2. The molecule has 0 aromatic heterocycles. The van der Waals surface area contributed by atoms with Crippen LogP contribution in [0.1, 0.15) is 85.9 Å². The van der Waals surface area contributed by atoms with Crippen LogP contribution in [0, 0.1) is 0 Å². The van der Waals surface area contributed by atoms with Gasteiger partial charge in [0.25, 0.3) is 0 Å². The minimum absolute atomic E-state index is 0.524. The van der Waals surface area contributed by atoms with Gasteiger partial charge in [0.2, 0.25) is 0 Å². The number of aldehydes is 2. The van der Waals surface area contributed by atoms with Crippen LogP contribution in [0.3, 0.4) is 0 Å². The summed E-state index contributed by atoms with van der Waals surface area (Å²) in [6.45, 7) is 5.49. The van der Waals surface area contributed by atoms with Crippen LogP contribution >= 0.6 is 0 Å². The van der Waals surface area contributed by atoms with Crippen LogP contribution in [0.2, 0.25) is 0 Å². The molecular formula is C24H32O4. The third kappa shape index (κ3) is 5.82. The van der Waals surface area contributed by atoms with E-state index in [0.717, 1.165) is 49.0 Å². The standard InChI is InChI=1S/C24H32O4/c1-3-5-7-9-15-27-23-19(17-25)11-14-22-21(23)13-12-20(18-26)24(22)28-16-10-8-6-4-2/h11-14,17-18H,3-10,15-16H2,1-2H3. The lowest BCUT2D eigenvalue weighted by Crippen LogP contribution is -2.04. The van der Waals surface area contributed by atoms with E-state index in [1.54, 1.807) is 12.1 Å². The van der Waals surface area contributed by atoms with Gasteiger partial charge >= 0.3 is 0 Å². The van der Waals surface area contributed by atoms with Gasteiger partial charge in [0, 0.05) is 10.8 Å². The second-order valence-corrected chi connectivity index (χ2v) is 7.12. The molecule has 0 saturated heterocycles. The molecule has 0 aliphatic rings. The summed E-state index contributed by atoms with van der Waals surface area (Å²) in [4.78, 5) is 23.0. The average Bonchev–Trinajstić information content (AvgIpc) is 2.73. The van der Waals surface area contributed by atoms with Crippen molar-refractivity contribution < 1.29 is 19.1 Å². The highest BCUT2D eigenvalue weighted by Crippen LogP contribution is 2.36. The normalized spacial score (nSPS) is 10.8. The molecule has 0 saturated carbocycles. The lowest BCUT2D eigenvalue weighted by molar-refractivity contribution is 0.111. The Morgan fingerprint density at radius 3 is 1.43 bits per heavy atom. The maximum absolute atomic E-state index is 11.5. The van der Waals surface area contributed by atoms with Crippen LogP contribution in [0.25, 0.3) is 10.8 Å². The van der Waals surface area contributed by atoms with Crippen molar-refractivity contribution in [3.8, 4) is 11.5 Å². The summed E-state index contributed by atoms with van der Waals surface area (Å²) in [5, 5.41) is 1.63. The molecule has 0 N–H and O–H groups in total. The Morgan fingerprint density at radius 1 is 0.643 bits per heavy atom. The van der Waals surface area contributed by atoms with Gasteiger partial charge in [-0.05, 0) is 37.1 Å². The van der Waals surface area contributed by atoms with Crippen molar-refractivity contribution in [2.24, 2.45) is 0 Å². The number of unbranched alkanes of at least 4 members (excludes halogenated alkanes) is 6. The number of hydrogen-bond donors (Lipinski definition) is 0. The molecule has 152 valence electrons. The molecule has 4 nitrogen and oxygen atoms in total. The first-order valence-corrected chi connectivity index (χ1v) is 10.5. The van der Waals surface area contributed by atoms with Crippen LogP contribution in [-0.4, -0.2) is 25.8 Å². The van der Waals surface area contributed by atoms with Gasteiger partial charge < -0.3 is 9.47 Å². The summed E-state index contributed by atoms with van der Waals surface area (Å²) in [6, 6.07) is 7.18. The fourth-order valence-corrected chi connectivity index (χ4v) is 3.30. The van der Waals surface area contributed by atoms with E-state index in [1.807, 2.05) is 12.1 Å². The Bertz CT molecular complexity index is 702. The Hall–Kier alpha value is -2.36. The fourth-order valence-electron chi connectivity index (χ4n) is 3.30. The van der Waals surface area contributed by atoms with E-state index in [2.05, 4.69) is 13.8 Å². The van der Waals surface area contributed by atoms with Crippen LogP contribution in [0.4, 0.5) is 0 Å². The van der Waals surface area contributed by atoms with E-state index in [-0.39, 0.29) is 0 Å². The minimum atomic E-state index is 0.524. The second-order valence-electron chi connectivity index (χ2n) is 7.12. The first-order chi connectivity index (χ1) is 13.8. The molecule has 4 heteroatoms. The van der Waals surface area contributed by atoms with Gasteiger partial charge in [0.1, 0.15) is 11.5 Å². The highest BCUT2D eigenvalue weighted by atomic mass is 16.5. The molecule has 0 aliphatic carbocycles. The SMILES string of the molecule is CCCCCCOc1c(C=O)ccc2c(OCCCCCC)c(C=O)ccc12. The van der Waals surface area contributed by atoms with Crippen molar-refractivity contribution in [2.75, 3.05) is 13.2 Å². The molecule has 2 aromatic carbocycles. The maximum atomic E-state index is 11.5. The van der Waals surface area contributed by atoms with Crippen molar-refractivity contribution in [1.29, 1.82) is 0 Å². The maximum Gasteiger partial charge on any atom is 0.153 e. The number of rotatable bonds is 14. The topological polar surface area (TPSA) is 52.6 Å². The van der Waals surface area contributed by atoms with Crippen molar-refractivity contribution >= 4 is 23.3 Å². The third-order valence-corrected chi connectivity index (χ3v) is 4.91. The largest absolute Gasteiger partial charge is 0.492 e. The van der Waals surface area contributed by atoms with E-state index in [0.29, 0.717) is 35.8 Å². The molecule has 2 rings (SSSR count). The molecule has 28 heavy (non-hydrogen) atoms. The van der Waals surface area contributed by atoms with Gasteiger partial charge in [-0.3, -0.25) is 9.59 Å². The van der Waals surface area contributed by atoms with Crippen molar-refractivity contribution in [1.82, 2.24) is 0 Å². The van der Waals surface area contributed by atoms with Crippen LogP contribution in [-0.2, 0) is 0 Å². The van der Waals surface area contributed by atoms with Crippen molar-refractivity contribution in [3.63, 3.8) is 0 Å². The van der Waals surface area contributed by atoms with E-state index in [9.17, 15) is 9.59 Å². The summed E-state index contributed by atoms with van der Waals surface area (Å²) >= 11 is 0. The smallest absolute Gasteiger partial charge is 0.153 e. The van der Waals surface area contributed by atoms with Gasteiger partial charge in [-0.15, -0.1) is 0 Å². The summed E-state index contributed by atoms with van der Waals surface area (Å²) in [5.41, 5.74) is 1.05. The molecule has 0 bridgehead atoms. The first kappa shape index (κ1) is 21.9. The predicted molar refractivity (Wildman–Crippen MR) is 114 cm³/mol. The highest BCUT2D eigenvalue weighted by Gasteiger charge is 2.15. The van der Waals surface area contributed by atoms with Crippen molar-refractivity contribution in [3.05, 3.63) is 35.4 Å². The van der Waals surface area contributed by atoms with Crippen LogP contribution in [0.5, 0.6) is 11.5 Å². The number of benzene rings is 2. The molecule has 0 heterocycles. The van der Waals surface area contributed by atoms with Crippen molar-refractivity contribution in [2.45, 2.75) is 65.2 Å². The molecule has 0 radical (unpaired) electrons. The molecular weight excluding hydrogens is 352 g/mol. The highest BCUT2D eigenvalue weighted by molar-refractivity contribution is 6.02. The minimum Gasteiger partial charge on any atom is -0.492 e. The Kier molecular flexibility index (Phi) is 9.53. The molecule has 0 amide bonds. The van der Waals surface area contributed by atoms with E-state index < -0.39 is 0 Å². The summed E-state index contributed by atoms with van der Waals surface area (Å²) in [6.07, 6.45) is 10.5. The summed E-state index contributed by atoms with van der Waals surface area (Å²) < 4.78 is 12.0. The second kappa shape index (κ2) is 12.2. The number of carbonyl (C=O) groups is 2.